The number of amides is 3. The van der Waals surface area contributed by atoms with Gasteiger partial charge >= 0.3 is 12.1 Å². The zero-order valence-corrected chi connectivity index (χ0v) is 22.1. The van der Waals surface area contributed by atoms with Crippen LogP contribution in [0.2, 0.25) is 0 Å². The van der Waals surface area contributed by atoms with E-state index in [1.54, 1.807) is 6.07 Å². The van der Waals surface area contributed by atoms with Crippen molar-refractivity contribution in [2.75, 3.05) is 22.6 Å². The van der Waals surface area contributed by atoms with Crippen LogP contribution in [-0.2, 0) is 15.8 Å². The van der Waals surface area contributed by atoms with E-state index < -0.39 is 35.4 Å². The Hall–Kier alpha value is -5.71. The lowest BCUT2D eigenvalue weighted by Crippen LogP contribution is -2.23. The number of halogens is 3. The van der Waals surface area contributed by atoms with Crippen molar-refractivity contribution in [1.29, 1.82) is 5.26 Å². The number of carboxylic acids is 1. The van der Waals surface area contributed by atoms with Crippen LogP contribution < -0.4 is 15.5 Å². The summed E-state index contributed by atoms with van der Waals surface area (Å²) in [4.78, 5) is 49.5. The summed E-state index contributed by atoms with van der Waals surface area (Å²) in [5.74, 6) is -3.44. The first-order chi connectivity index (χ1) is 19.7. The molecule has 4 rings (SSSR count). The summed E-state index contributed by atoms with van der Waals surface area (Å²) in [6, 6.07) is 11.0. The average molecular weight is 579 g/mol. The molecular formula is C28H20F3N5O6. The monoisotopic (exact) mass is 579 g/mol. The van der Waals surface area contributed by atoms with Gasteiger partial charge in [0.15, 0.2) is 11.3 Å². The van der Waals surface area contributed by atoms with E-state index in [1.165, 1.54) is 44.3 Å². The lowest BCUT2D eigenvalue weighted by atomic mass is 9.95. The number of carbonyl (C=O) groups is 4. The Kier molecular flexibility index (Phi) is 7.70. The third kappa shape index (κ3) is 5.75. The van der Waals surface area contributed by atoms with E-state index in [0.29, 0.717) is 0 Å². The molecule has 0 aliphatic rings. The van der Waals surface area contributed by atoms with Crippen LogP contribution in [0.4, 0.5) is 30.2 Å². The van der Waals surface area contributed by atoms with Gasteiger partial charge in [-0.3, -0.25) is 14.4 Å². The molecule has 14 heteroatoms. The predicted molar refractivity (Wildman–Crippen MR) is 144 cm³/mol. The highest BCUT2D eigenvalue weighted by Crippen LogP contribution is 2.43. The van der Waals surface area contributed by atoms with E-state index >= 15 is 0 Å². The largest absolute Gasteiger partial charge is 0.478 e. The van der Waals surface area contributed by atoms with E-state index in [4.69, 9.17) is 9.78 Å². The molecule has 3 amide bonds. The number of hydrogen-bond donors (Lipinski definition) is 3. The zero-order chi connectivity index (χ0) is 30.9. The second-order valence-electron chi connectivity index (χ2n) is 9.04. The molecule has 0 unspecified atom stereocenters. The van der Waals surface area contributed by atoms with Gasteiger partial charge < -0.3 is 25.2 Å². The Labute approximate surface area is 235 Å². The molecule has 11 nitrogen and oxygen atoms in total. The first-order valence-corrected chi connectivity index (χ1v) is 12.0. The molecular weight excluding hydrogens is 559 g/mol. The van der Waals surface area contributed by atoms with Gasteiger partial charge in [-0.2, -0.15) is 18.4 Å². The molecule has 0 spiro atoms. The fraction of sp³-hybridized carbons (Fsp3) is 0.143. The van der Waals surface area contributed by atoms with E-state index in [2.05, 4.69) is 15.8 Å². The van der Waals surface area contributed by atoms with Gasteiger partial charge in [-0.15, -0.1) is 0 Å². The number of fused-ring (bicyclic) bond motifs is 1. The van der Waals surface area contributed by atoms with Crippen LogP contribution in [0.5, 0.6) is 0 Å². The molecule has 4 aromatic rings. The molecule has 3 N–H and O–H groups in total. The summed E-state index contributed by atoms with van der Waals surface area (Å²) < 4.78 is 47.9. The lowest BCUT2D eigenvalue weighted by molar-refractivity contribution is -0.137. The molecule has 1 heterocycles. The summed E-state index contributed by atoms with van der Waals surface area (Å²) in [6.07, 6.45) is -4.86. The van der Waals surface area contributed by atoms with Crippen LogP contribution >= 0.6 is 0 Å². The molecule has 0 atom stereocenters. The number of carbonyl (C=O) groups excluding carboxylic acids is 3. The van der Waals surface area contributed by atoms with E-state index in [-0.39, 0.29) is 56.0 Å². The quantitative estimate of drug-likeness (QED) is 0.278. The number of anilines is 3. The SMILES string of the molecule is CC(=O)Nc1cc2c(C(=O)Nc3ccc(C#N)cc3C(=O)O)noc2cc1-c1ccc(N(C)C(C)=O)cc1C(F)(F)F. The minimum atomic E-state index is -4.86. The summed E-state index contributed by atoms with van der Waals surface area (Å²) >= 11 is 0. The normalized spacial score (nSPS) is 11.1. The molecule has 0 aliphatic carbocycles. The highest BCUT2D eigenvalue weighted by atomic mass is 19.4. The maximum atomic E-state index is 14.2. The van der Waals surface area contributed by atoms with Crippen molar-refractivity contribution in [3.8, 4) is 17.2 Å². The predicted octanol–water partition coefficient (Wildman–Crippen LogP) is 5.28. The maximum Gasteiger partial charge on any atom is 0.417 e. The molecule has 0 saturated carbocycles. The van der Waals surface area contributed by atoms with Gasteiger partial charge in [0, 0.05) is 37.8 Å². The van der Waals surface area contributed by atoms with Crippen molar-refractivity contribution < 1.29 is 42.0 Å². The van der Waals surface area contributed by atoms with E-state index in [9.17, 15) is 37.5 Å². The minimum Gasteiger partial charge on any atom is -0.478 e. The van der Waals surface area contributed by atoms with Crippen LogP contribution in [0.3, 0.4) is 0 Å². The van der Waals surface area contributed by atoms with Crippen molar-refractivity contribution >= 4 is 51.7 Å². The molecule has 42 heavy (non-hydrogen) atoms. The highest BCUT2D eigenvalue weighted by Gasteiger charge is 2.35. The topological polar surface area (TPSA) is 166 Å². The number of alkyl halides is 3. The zero-order valence-electron chi connectivity index (χ0n) is 22.1. The van der Waals surface area contributed by atoms with Crippen molar-refractivity contribution in [2.45, 2.75) is 20.0 Å². The molecule has 0 aliphatic heterocycles. The number of nitrogens with one attached hydrogen (secondary N) is 2. The van der Waals surface area contributed by atoms with Crippen LogP contribution in [0.15, 0.2) is 53.1 Å². The number of nitrogens with zero attached hydrogens (tertiary/aromatic N) is 3. The number of nitriles is 1. The number of benzene rings is 3. The van der Waals surface area contributed by atoms with Crippen LogP contribution in [0.1, 0.15) is 45.8 Å². The van der Waals surface area contributed by atoms with Crippen molar-refractivity contribution in [3.63, 3.8) is 0 Å². The number of aromatic carboxylic acids is 1. The van der Waals surface area contributed by atoms with Gasteiger partial charge in [0.05, 0.1) is 33.8 Å². The smallest absolute Gasteiger partial charge is 0.417 e. The van der Waals surface area contributed by atoms with Crippen LogP contribution in [-0.4, -0.2) is 41.0 Å². The minimum absolute atomic E-state index is 0.00649. The molecule has 214 valence electrons. The average Bonchev–Trinajstić information content (AvgIpc) is 3.34. The number of hydrogen-bond acceptors (Lipinski definition) is 7. The summed E-state index contributed by atoms with van der Waals surface area (Å²) in [7, 11) is 1.32. The van der Waals surface area contributed by atoms with Gasteiger partial charge in [-0.25, -0.2) is 4.79 Å². The Morgan fingerprint density at radius 1 is 0.976 bits per heavy atom. The van der Waals surface area contributed by atoms with Gasteiger partial charge in [-0.1, -0.05) is 11.2 Å². The van der Waals surface area contributed by atoms with E-state index in [1.807, 2.05) is 0 Å². The van der Waals surface area contributed by atoms with E-state index in [0.717, 1.165) is 30.0 Å². The molecule has 0 saturated heterocycles. The molecule has 3 aromatic carbocycles. The Morgan fingerprint density at radius 2 is 1.69 bits per heavy atom. The maximum absolute atomic E-state index is 14.2. The summed E-state index contributed by atoms with van der Waals surface area (Å²) in [5, 5.41) is 27.1. The van der Waals surface area contributed by atoms with Gasteiger partial charge in [0.25, 0.3) is 5.91 Å². The lowest BCUT2D eigenvalue weighted by Gasteiger charge is -2.21. The fourth-order valence-electron chi connectivity index (χ4n) is 4.14. The second kappa shape index (κ2) is 11.0. The first-order valence-electron chi connectivity index (χ1n) is 12.0. The highest BCUT2D eigenvalue weighted by molar-refractivity contribution is 6.14. The van der Waals surface area contributed by atoms with Crippen molar-refractivity contribution in [1.82, 2.24) is 5.16 Å². The van der Waals surface area contributed by atoms with Gasteiger partial charge in [0.1, 0.15) is 0 Å². The Balaban J connectivity index is 1.85. The Bertz CT molecular complexity index is 1820. The van der Waals surface area contributed by atoms with Crippen molar-refractivity contribution in [3.05, 3.63) is 70.9 Å². The standard InChI is InChI=1S/C28H20F3N5O6/c1-13(37)33-23-10-20-24(11-18(23)17-6-5-16(36(3)14(2)38)9-21(17)28(29,30)31)42-35-25(20)26(39)34-22-7-4-15(12-32)8-19(22)27(40)41/h4-11H,1-3H3,(H,33,37)(H,34,39)(H,40,41). The molecule has 1 aromatic heterocycles. The van der Waals surface area contributed by atoms with Crippen molar-refractivity contribution in [2.24, 2.45) is 0 Å². The Morgan fingerprint density at radius 3 is 2.29 bits per heavy atom. The number of aromatic nitrogens is 1. The van der Waals surface area contributed by atoms with Crippen LogP contribution in [0, 0.1) is 11.3 Å². The second-order valence-corrected chi connectivity index (χ2v) is 9.04. The number of carboxylic acid groups (broad SMARTS) is 1. The summed E-state index contributed by atoms with van der Waals surface area (Å²) in [5.41, 5.74) is -2.59. The first kappa shape index (κ1) is 29.3. The molecule has 0 bridgehead atoms. The number of rotatable bonds is 6. The molecule has 0 fully saturated rings. The third-order valence-corrected chi connectivity index (χ3v) is 6.22. The van der Waals surface area contributed by atoms with Crippen LogP contribution in [0.25, 0.3) is 22.1 Å². The van der Waals surface area contributed by atoms with Gasteiger partial charge in [-0.05, 0) is 48.0 Å². The third-order valence-electron chi connectivity index (χ3n) is 6.22. The summed E-state index contributed by atoms with van der Waals surface area (Å²) in [6.45, 7) is 2.34. The van der Waals surface area contributed by atoms with Gasteiger partial charge in [0.2, 0.25) is 11.8 Å². The molecule has 0 radical (unpaired) electrons. The fourth-order valence-corrected chi connectivity index (χ4v) is 4.14.